The highest BCUT2D eigenvalue weighted by atomic mass is 32.2. The number of benzene rings is 2. The molecule has 2 aromatic carbocycles. The third-order valence-electron chi connectivity index (χ3n) is 6.05. The van der Waals surface area contributed by atoms with Crippen LogP contribution in [0.1, 0.15) is 44.7 Å². The van der Waals surface area contributed by atoms with E-state index in [2.05, 4.69) is 13.8 Å². The third-order valence-corrected chi connectivity index (χ3v) is 7.08. The van der Waals surface area contributed by atoms with Gasteiger partial charge in [-0.05, 0) is 48.1 Å². The summed E-state index contributed by atoms with van der Waals surface area (Å²) in [5.41, 5.74) is 1.81. The minimum Gasteiger partial charge on any atom is -0.284 e. The predicted octanol–water partition coefficient (Wildman–Crippen LogP) is 5.83. The molecular formula is C23H25FN2OS. The molecule has 4 rings (SSSR count). The van der Waals surface area contributed by atoms with Crippen LogP contribution in [0, 0.1) is 17.7 Å². The zero-order chi connectivity index (χ0) is 19.7. The van der Waals surface area contributed by atoms with Crippen molar-refractivity contribution < 1.29 is 4.39 Å². The van der Waals surface area contributed by atoms with Crippen LogP contribution < -0.4 is 5.56 Å². The average molecular weight is 397 g/mol. The van der Waals surface area contributed by atoms with Crippen LogP contribution in [0.2, 0.25) is 0 Å². The van der Waals surface area contributed by atoms with Crippen LogP contribution in [0.3, 0.4) is 0 Å². The monoisotopic (exact) mass is 396 g/mol. The van der Waals surface area contributed by atoms with Crippen molar-refractivity contribution in [2.75, 3.05) is 0 Å². The molecule has 0 spiro atoms. The third kappa shape index (κ3) is 3.72. The van der Waals surface area contributed by atoms with Crippen LogP contribution in [0.4, 0.5) is 4.39 Å². The van der Waals surface area contributed by atoms with Gasteiger partial charge in [-0.15, -0.1) is 0 Å². The normalized spacial score (nSPS) is 22.5. The van der Waals surface area contributed by atoms with E-state index in [-0.39, 0.29) is 17.4 Å². The van der Waals surface area contributed by atoms with Crippen molar-refractivity contribution in [1.82, 2.24) is 9.55 Å². The molecule has 3 nitrogen and oxygen atoms in total. The molecule has 1 aliphatic rings. The smallest absolute Gasteiger partial charge is 0.262 e. The Morgan fingerprint density at radius 3 is 2.64 bits per heavy atom. The van der Waals surface area contributed by atoms with E-state index in [0.29, 0.717) is 23.0 Å². The Balaban J connectivity index is 1.76. The molecule has 0 unspecified atom stereocenters. The van der Waals surface area contributed by atoms with Gasteiger partial charge < -0.3 is 0 Å². The van der Waals surface area contributed by atoms with Gasteiger partial charge in [0.1, 0.15) is 5.82 Å². The number of hydrogen-bond donors (Lipinski definition) is 0. The molecule has 5 heteroatoms. The Kier molecular flexibility index (Phi) is 5.54. The molecule has 0 radical (unpaired) electrons. The number of hydrogen-bond acceptors (Lipinski definition) is 3. The highest BCUT2D eigenvalue weighted by molar-refractivity contribution is 7.98. The molecule has 1 fully saturated rings. The summed E-state index contributed by atoms with van der Waals surface area (Å²) < 4.78 is 15.1. The summed E-state index contributed by atoms with van der Waals surface area (Å²) in [5.74, 6) is 1.44. The van der Waals surface area contributed by atoms with Crippen LogP contribution in [0.25, 0.3) is 10.9 Å². The Labute approximate surface area is 169 Å². The summed E-state index contributed by atoms with van der Waals surface area (Å²) in [7, 11) is 0. The molecule has 0 N–H and O–H groups in total. The summed E-state index contributed by atoms with van der Waals surface area (Å²) >= 11 is 1.56. The average Bonchev–Trinajstić information content (AvgIpc) is 2.70. The second-order valence-electron chi connectivity index (χ2n) is 7.84. The summed E-state index contributed by atoms with van der Waals surface area (Å²) in [5, 5.41) is 1.44. The minimum atomic E-state index is -0.237. The fraction of sp³-hybridized carbons (Fsp3) is 0.391. The second-order valence-corrected chi connectivity index (χ2v) is 8.78. The van der Waals surface area contributed by atoms with E-state index in [1.807, 2.05) is 28.8 Å². The van der Waals surface area contributed by atoms with Crippen LogP contribution in [-0.4, -0.2) is 9.55 Å². The Bertz CT molecular complexity index is 1030. The molecule has 3 aromatic rings. The lowest BCUT2D eigenvalue weighted by Crippen LogP contribution is -2.35. The first-order valence-electron chi connectivity index (χ1n) is 9.93. The molecule has 0 aliphatic heterocycles. The van der Waals surface area contributed by atoms with Gasteiger partial charge in [0.05, 0.1) is 10.9 Å². The van der Waals surface area contributed by atoms with Crippen LogP contribution in [0.5, 0.6) is 0 Å². The number of rotatable bonds is 4. The molecule has 3 atom stereocenters. The number of para-hydroxylation sites is 1. The summed E-state index contributed by atoms with van der Waals surface area (Å²) in [6.45, 7) is 4.53. The molecule has 1 aliphatic carbocycles. The molecular weight excluding hydrogens is 371 g/mol. The zero-order valence-corrected chi connectivity index (χ0v) is 17.1. The van der Waals surface area contributed by atoms with E-state index in [1.54, 1.807) is 23.9 Å². The van der Waals surface area contributed by atoms with Gasteiger partial charge >= 0.3 is 0 Å². The number of halogens is 1. The Morgan fingerprint density at radius 1 is 1.11 bits per heavy atom. The molecule has 28 heavy (non-hydrogen) atoms. The summed E-state index contributed by atoms with van der Waals surface area (Å²) in [6, 6.07) is 14.3. The van der Waals surface area contributed by atoms with Crippen LogP contribution in [-0.2, 0) is 5.75 Å². The fourth-order valence-corrected chi connectivity index (χ4v) is 5.18. The van der Waals surface area contributed by atoms with E-state index >= 15 is 0 Å². The predicted molar refractivity (Wildman–Crippen MR) is 113 cm³/mol. The SMILES string of the molecule is C[C@H]1[C@H](n2c(SCc3ccc(F)cc3)nc3ccccc3c2=O)CCC[C@@H]1C. The lowest BCUT2D eigenvalue weighted by Gasteiger charge is -2.36. The number of aromatic nitrogens is 2. The van der Waals surface area contributed by atoms with Crippen molar-refractivity contribution in [3.05, 3.63) is 70.3 Å². The first-order valence-corrected chi connectivity index (χ1v) is 10.9. The van der Waals surface area contributed by atoms with E-state index in [4.69, 9.17) is 4.98 Å². The van der Waals surface area contributed by atoms with E-state index < -0.39 is 0 Å². The first-order chi connectivity index (χ1) is 13.5. The summed E-state index contributed by atoms with van der Waals surface area (Å²) in [4.78, 5) is 18.3. The maximum absolute atomic E-state index is 13.4. The molecule has 0 bridgehead atoms. The van der Waals surface area contributed by atoms with E-state index in [1.165, 1.54) is 18.6 Å². The van der Waals surface area contributed by atoms with Crippen molar-refractivity contribution in [2.45, 2.75) is 50.1 Å². The van der Waals surface area contributed by atoms with Crippen LogP contribution >= 0.6 is 11.8 Å². The molecule has 146 valence electrons. The van der Waals surface area contributed by atoms with E-state index in [9.17, 15) is 9.18 Å². The quantitative estimate of drug-likeness (QED) is 0.411. The lowest BCUT2D eigenvalue weighted by molar-refractivity contribution is 0.173. The molecule has 1 saturated carbocycles. The second kappa shape index (κ2) is 8.08. The zero-order valence-electron chi connectivity index (χ0n) is 16.3. The molecule has 0 amide bonds. The van der Waals surface area contributed by atoms with Gasteiger partial charge in [-0.25, -0.2) is 9.37 Å². The number of fused-ring (bicyclic) bond motifs is 1. The van der Waals surface area contributed by atoms with Gasteiger partial charge in [0.25, 0.3) is 5.56 Å². The Hall–Kier alpha value is -2.14. The van der Waals surface area contributed by atoms with Gasteiger partial charge in [0.2, 0.25) is 0 Å². The number of nitrogens with zero attached hydrogens (tertiary/aromatic N) is 2. The minimum absolute atomic E-state index is 0.0538. The van der Waals surface area contributed by atoms with Crippen LogP contribution in [0.15, 0.2) is 58.5 Å². The molecule has 0 saturated heterocycles. The largest absolute Gasteiger partial charge is 0.284 e. The molecule has 1 heterocycles. The topological polar surface area (TPSA) is 34.9 Å². The maximum Gasteiger partial charge on any atom is 0.262 e. The standard InChI is InChI=1S/C23H25FN2OS/c1-15-6-5-9-21(16(15)2)26-22(27)19-7-3-4-8-20(19)25-23(26)28-14-17-10-12-18(24)13-11-17/h3-4,7-8,10-13,15-16,21H,5-6,9,14H2,1-2H3/t15-,16+,21+/m0/s1. The van der Waals surface area contributed by atoms with Gasteiger partial charge in [0.15, 0.2) is 5.16 Å². The van der Waals surface area contributed by atoms with Gasteiger partial charge in [-0.1, -0.05) is 62.7 Å². The maximum atomic E-state index is 13.4. The highest BCUT2D eigenvalue weighted by Gasteiger charge is 2.31. The van der Waals surface area contributed by atoms with Crippen molar-refractivity contribution in [3.63, 3.8) is 0 Å². The first kappa shape index (κ1) is 19.2. The van der Waals surface area contributed by atoms with Crippen molar-refractivity contribution in [1.29, 1.82) is 0 Å². The van der Waals surface area contributed by atoms with E-state index in [0.717, 1.165) is 29.1 Å². The number of thioether (sulfide) groups is 1. The van der Waals surface area contributed by atoms with Crippen molar-refractivity contribution in [3.8, 4) is 0 Å². The molecule has 1 aromatic heterocycles. The van der Waals surface area contributed by atoms with Gasteiger partial charge in [0, 0.05) is 11.8 Å². The van der Waals surface area contributed by atoms with Crippen molar-refractivity contribution >= 4 is 22.7 Å². The highest BCUT2D eigenvalue weighted by Crippen LogP contribution is 2.39. The van der Waals surface area contributed by atoms with Crippen molar-refractivity contribution in [2.24, 2.45) is 11.8 Å². The summed E-state index contributed by atoms with van der Waals surface area (Å²) in [6.07, 6.45) is 3.36. The fourth-order valence-electron chi connectivity index (χ4n) is 4.17. The van der Waals surface area contributed by atoms with Gasteiger partial charge in [-0.3, -0.25) is 9.36 Å². The Morgan fingerprint density at radius 2 is 1.86 bits per heavy atom. The van der Waals surface area contributed by atoms with Gasteiger partial charge in [-0.2, -0.15) is 0 Å². The lowest BCUT2D eigenvalue weighted by atomic mass is 9.78.